The number of alkyl halides is 1. The molecule has 1 heterocycles. The molecule has 82 valence electrons. The minimum absolute atomic E-state index is 0.123. The van der Waals surface area contributed by atoms with Crippen molar-refractivity contribution >= 4 is 27.5 Å². The van der Waals surface area contributed by atoms with Crippen molar-refractivity contribution in [3.63, 3.8) is 0 Å². The van der Waals surface area contributed by atoms with E-state index >= 15 is 0 Å². The topological polar surface area (TPSA) is 18.5 Å². The van der Waals surface area contributed by atoms with Crippen molar-refractivity contribution in [2.75, 3.05) is 11.9 Å². The lowest BCUT2D eigenvalue weighted by molar-refractivity contribution is -0.154. The van der Waals surface area contributed by atoms with Gasteiger partial charge in [0.2, 0.25) is 5.79 Å². The Bertz CT molecular complexity index is 341. The van der Waals surface area contributed by atoms with Gasteiger partial charge in [0, 0.05) is 10.6 Å². The fourth-order valence-corrected chi connectivity index (χ4v) is 2.39. The molecular formula is C11H12BrClO2. The van der Waals surface area contributed by atoms with Crippen LogP contribution in [0, 0.1) is 0 Å². The monoisotopic (exact) mass is 290 g/mol. The third kappa shape index (κ3) is 2.21. The van der Waals surface area contributed by atoms with E-state index < -0.39 is 5.79 Å². The van der Waals surface area contributed by atoms with Crippen molar-refractivity contribution in [3.8, 4) is 0 Å². The quantitative estimate of drug-likeness (QED) is 0.778. The van der Waals surface area contributed by atoms with Crippen molar-refractivity contribution in [2.24, 2.45) is 0 Å². The standard InChI is InChI=1S/C11H12BrClO2/c1-8-6-14-11(7-12,15-8)9-2-4-10(13)5-3-9/h2-5,8H,6-7H2,1H3/t8-,11?/m0/s1. The summed E-state index contributed by atoms with van der Waals surface area (Å²) in [4.78, 5) is 0. The Kier molecular flexibility index (Phi) is 3.36. The Morgan fingerprint density at radius 2 is 2.13 bits per heavy atom. The molecule has 1 saturated heterocycles. The molecule has 2 rings (SSSR count). The fourth-order valence-electron chi connectivity index (χ4n) is 1.65. The highest BCUT2D eigenvalue weighted by molar-refractivity contribution is 9.09. The summed E-state index contributed by atoms with van der Waals surface area (Å²) in [7, 11) is 0. The molecule has 1 aromatic carbocycles. The minimum Gasteiger partial charge on any atom is -0.342 e. The molecule has 1 aliphatic heterocycles. The van der Waals surface area contributed by atoms with Gasteiger partial charge in [0.25, 0.3) is 0 Å². The van der Waals surface area contributed by atoms with Crippen LogP contribution in [0.3, 0.4) is 0 Å². The molecule has 15 heavy (non-hydrogen) atoms. The molecule has 0 aliphatic carbocycles. The normalized spacial score (nSPS) is 30.7. The maximum absolute atomic E-state index is 5.84. The number of benzene rings is 1. The summed E-state index contributed by atoms with van der Waals surface area (Å²) in [6.07, 6.45) is 0.123. The lowest BCUT2D eigenvalue weighted by Gasteiger charge is -2.26. The first-order chi connectivity index (χ1) is 7.16. The first kappa shape index (κ1) is 11.4. The van der Waals surface area contributed by atoms with Crippen LogP contribution in [0.15, 0.2) is 24.3 Å². The van der Waals surface area contributed by atoms with E-state index in [4.69, 9.17) is 21.1 Å². The Morgan fingerprint density at radius 3 is 2.60 bits per heavy atom. The van der Waals surface area contributed by atoms with Crippen molar-refractivity contribution in [3.05, 3.63) is 34.9 Å². The molecule has 1 fully saturated rings. The van der Waals surface area contributed by atoms with E-state index in [1.54, 1.807) is 0 Å². The zero-order chi connectivity index (χ0) is 10.9. The van der Waals surface area contributed by atoms with Gasteiger partial charge in [-0.05, 0) is 19.1 Å². The number of rotatable bonds is 2. The molecule has 0 N–H and O–H groups in total. The van der Waals surface area contributed by atoms with Crippen LogP contribution < -0.4 is 0 Å². The van der Waals surface area contributed by atoms with E-state index in [1.807, 2.05) is 31.2 Å². The molecule has 1 aliphatic rings. The van der Waals surface area contributed by atoms with Gasteiger partial charge in [-0.2, -0.15) is 0 Å². The molecule has 4 heteroatoms. The summed E-state index contributed by atoms with van der Waals surface area (Å²) < 4.78 is 11.5. The molecule has 0 spiro atoms. The SMILES string of the molecule is C[C@H]1COC(CBr)(c2ccc(Cl)cc2)O1. The molecule has 0 saturated carbocycles. The Morgan fingerprint density at radius 1 is 1.47 bits per heavy atom. The van der Waals surface area contributed by atoms with Crippen LogP contribution in [0.4, 0.5) is 0 Å². The average Bonchev–Trinajstić information content (AvgIpc) is 2.62. The number of ether oxygens (including phenoxy) is 2. The van der Waals surface area contributed by atoms with E-state index in [2.05, 4.69) is 15.9 Å². The summed E-state index contributed by atoms with van der Waals surface area (Å²) in [5, 5.41) is 1.33. The van der Waals surface area contributed by atoms with Crippen LogP contribution >= 0.6 is 27.5 Å². The molecule has 0 bridgehead atoms. The Balaban J connectivity index is 2.30. The maximum Gasteiger partial charge on any atom is 0.205 e. The van der Waals surface area contributed by atoms with Crippen LogP contribution in [0.1, 0.15) is 12.5 Å². The molecule has 2 atom stereocenters. The van der Waals surface area contributed by atoms with Crippen molar-refractivity contribution in [1.82, 2.24) is 0 Å². The number of hydrogen-bond donors (Lipinski definition) is 0. The van der Waals surface area contributed by atoms with Gasteiger partial charge < -0.3 is 9.47 Å². The molecule has 1 aromatic rings. The van der Waals surface area contributed by atoms with Crippen molar-refractivity contribution in [1.29, 1.82) is 0 Å². The second-order valence-corrected chi connectivity index (χ2v) is 4.63. The highest BCUT2D eigenvalue weighted by Crippen LogP contribution is 2.36. The zero-order valence-electron chi connectivity index (χ0n) is 8.37. The van der Waals surface area contributed by atoms with Crippen LogP contribution in [0.2, 0.25) is 5.02 Å². The van der Waals surface area contributed by atoms with E-state index in [1.165, 1.54) is 0 Å². The Hall–Kier alpha value is -0.0900. The highest BCUT2D eigenvalue weighted by Gasteiger charge is 2.40. The highest BCUT2D eigenvalue weighted by atomic mass is 79.9. The van der Waals surface area contributed by atoms with Gasteiger partial charge in [-0.15, -0.1) is 0 Å². The lowest BCUT2D eigenvalue weighted by atomic mass is 10.1. The lowest BCUT2D eigenvalue weighted by Crippen LogP contribution is -2.29. The third-order valence-electron chi connectivity index (χ3n) is 2.40. The van der Waals surface area contributed by atoms with Crippen LogP contribution in [0.25, 0.3) is 0 Å². The van der Waals surface area contributed by atoms with Gasteiger partial charge in [0.1, 0.15) is 0 Å². The summed E-state index contributed by atoms with van der Waals surface area (Å²) >= 11 is 9.28. The van der Waals surface area contributed by atoms with Gasteiger partial charge in [-0.3, -0.25) is 0 Å². The van der Waals surface area contributed by atoms with Gasteiger partial charge >= 0.3 is 0 Å². The Labute approximate surface area is 103 Å². The molecule has 1 unspecified atom stereocenters. The van der Waals surface area contributed by atoms with E-state index in [0.29, 0.717) is 11.9 Å². The van der Waals surface area contributed by atoms with Gasteiger partial charge in [-0.25, -0.2) is 0 Å². The van der Waals surface area contributed by atoms with E-state index in [-0.39, 0.29) is 6.10 Å². The summed E-state index contributed by atoms with van der Waals surface area (Å²) in [6.45, 7) is 2.62. The number of halogens is 2. The predicted molar refractivity (Wildman–Crippen MR) is 63.4 cm³/mol. The van der Waals surface area contributed by atoms with Crippen molar-refractivity contribution in [2.45, 2.75) is 18.8 Å². The van der Waals surface area contributed by atoms with Crippen molar-refractivity contribution < 1.29 is 9.47 Å². The van der Waals surface area contributed by atoms with Gasteiger partial charge in [0.15, 0.2) is 0 Å². The third-order valence-corrected chi connectivity index (χ3v) is 3.39. The largest absolute Gasteiger partial charge is 0.342 e. The smallest absolute Gasteiger partial charge is 0.205 e. The van der Waals surface area contributed by atoms with Crippen LogP contribution in [0.5, 0.6) is 0 Å². The molecule has 0 aromatic heterocycles. The molecular weight excluding hydrogens is 279 g/mol. The van der Waals surface area contributed by atoms with Gasteiger partial charge in [0.05, 0.1) is 18.0 Å². The molecule has 0 amide bonds. The predicted octanol–water partition coefficient (Wildman–Crippen LogP) is 3.32. The molecule has 2 nitrogen and oxygen atoms in total. The summed E-state index contributed by atoms with van der Waals surface area (Å²) in [5.74, 6) is -0.649. The van der Waals surface area contributed by atoms with E-state index in [0.717, 1.165) is 10.6 Å². The minimum atomic E-state index is -0.649. The second-order valence-electron chi connectivity index (χ2n) is 3.63. The summed E-state index contributed by atoms with van der Waals surface area (Å²) in [6, 6.07) is 7.55. The second kappa shape index (κ2) is 4.42. The maximum atomic E-state index is 5.84. The summed E-state index contributed by atoms with van der Waals surface area (Å²) in [5.41, 5.74) is 0.994. The van der Waals surface area contributed by atoms with E-state index in [9.17, 15) is 0 Å². The molecule has 0 radical (unpaired) electrons. The van der Waals surface area contributed by atoms with Gasteiger partial charge in [-0.1, -0.05) is 39.7 Å². The fraction of sp³-hybridized carbons (Fsp3) is 0.455. The number of hydrogen-bond acceptors (Lipinski definition) is 2. The average molecular weight is 292 g/mol. The zero-order valence-corrected chi connectivity index (χ0v) is 10.7. The first-order valence-corrected chi connectivity index (χ1v) is 6.30. The van der Waals surface area contributed by atoms with Crippen LogP contribution in [-0.4, -0.2) is 18.0 Å². The first-order valence-electron chi connectivity index (χ1n) is 4.80. The van der Waals surface area contributed by atoms with Crippen LogP contribution in [-0.2, 0) is 15.3 Å².